The summed E-state index contributed by atoms with van der Waals surface area (Å²) in [5.74, 6) is -0.999. The van der Waals surface area contributed by atoms with Crippen molar-refractivity contribution >= 4 is 5.97 Å². The Morgan fingerprint density at radius 3 is 2.86 bits per heavy atom. The summed E-state index contributed by atoms with van der Waals surface area (Å²) in [4.78, 5) is 22.3. The Morgan fingerprint density at radius 1 is 1.50 bits per heavy atom. The van der Waals surface area contributed by atoms with Gasteiger partial charge in [0.15, 0.2) is 0 Å². The fraction of sp³-hybridized carbons (Fsp3) is 0.400. The van der Waals surface area contributed by atoms with Gasteiger partial charge in [-0.3, -0.25) is 4.79 Å². The van der Waals surface area contributed by atoms with Gasteiger partial charge in [-0.2, -0.15) is 0 Å². The van der Waals surface area contributed by atoms with Crippen molar-refractivity contribution in [3.05, 3.63) is 33.2 Å². The number of aromatic carboxylic acids is 1. The van der Waals surface area contributed by atoms with E-state index in [2.05, 4.69) is 0 Å². The molecule has 0 spiro atoms. The van der Waals surface area contributed by atoms with Crippen LogP contribution in [0.2, 0.25) is 0 Å². The van der Waals surface area contributed by atoms with Crippen LogP contribution in [-0.2, 0) is 19.9 Å². The van der Waals surface area contributed by atoms with E-state index in [0.29, 0.717) is 0 Å². The topological polar surface area (TPSA) is 59.3 Å². The SMILES string of the molecule is Cn1c2c(c(C(=O)O)cc1=O)CCC2. The molecule has 4 nitrogen and oxygen atoms in total. The Kier molecular flexibility index (Phi) is 1.91. The van der Waals surface area contributed by atoms with Crippen molar-refractivity contribution in [1.29, 1.82) is 0 Å². The average molecular weight is 193 g/mol. The van der Waals surface area contributed by atoms with E-state index in [1.807, 2.05) is 0 Å². The summed E-state index contributed by atoms with van der Waals surface area (Å²) < 4.78 is 1.55. The van der Waals surface area contributed by atoms with E-state index in [0.717, 1.165) is 30.5 Å². The van der Waals surface area contributed by atoms with E-state index in [-0.39, 0.29) is 11.1 Å². The highest BCUT2D eigenvalue weighted by Crippen LogP contribution is 2.23. The normalized spacial score (nSPS) is 14.1. The number of aromatic nitrogens is 1. The fourth-order valence-electron chi connectivity index (χ4n) is 2.02. The van der Waals surface area contributed by atoms with Crippen molar-refractivity contribution < 1.29 is 9.90 Å². The van der Waals surface area contributed by atoms with Crippen molar-refractivity contribution in [3.8, 4) is 0 Å². The van der Waals surface area contributed by atoms with Gasteiger partial charge in [0.1, 0.15) is 0 Å². The highest BCUT2D eigenvalue weighted by Gasteiger charge is 2.21. The number of hydrogen-bond donors (Lipinski definition) is 1. The molecule has 0 radical (unpaired) electrons. The molecule has 1 aliphatic carbocycles. The second-order valence-corrected chi connectivity index (χ2v) is 3.54. The van der Waals surface area contributed by atoms with Gasteiger partial charge < -0.3 is 9.67 Å². The maximum absolute atomic E-state index is 11.4. The summed E-state index contributed by atoms with van der Waals surface area (Å²) in [7, 11) is 1.69. The van der Waals surface area contributed by atoms with Crippen LogP contribution in [0.1, 0.15) is 28.0 Å². The van der Waals surface area contributed by atoms with Crippen LogP contribution < -0.4 is 5.56 Å². The molecular formula is C10H11NO3. The van der Waals surface area contributed by atoms with E-state index in [4.69, 9.17) is 5.11 Å². The van der Waals surface area contributed by atoms with Gasteiger partial charge in [-0.1, -0.05) is 0 Å². The Bertz CT molecular complexity index is 459. The zero-order chi connectivity index (χ0) is 10.3. The molecule has 2 rings (SSSR count). The molecule has 0 amide bonds. The Hall–Kier alpha value is -1.58. The first-order valence-electron chi connectivity index (χ1n) is 4.56. The van der Waals surface area contributed by atoms with Crippen LogP contribution >= 0.6 is 0 Å². The van der Waals surface area contributed by atoms with Gasteiger partial charge in [-0.05, 0) is 24.8 Å². The van der Waals surface area contributed by atoms with Crippen molar-refractivity contribution in [2.75, 3.05) is 0 Å². The third-order valence-electron chi connectivity index (χ3n) is 2.75. The van der Waals surface area contributed by atoms with Crippen LogP contribution in [-0.4, -0.2) is 15.6 Å². The summed E-state index contributed by atoms with van der Waals surface area (Å²) in [5, 5.41) is 8.92. The predicted molar refractivity (Wildman–Crippen MR) is 50.7 cm³/mol. The monoisotopic (exact) mass is 193 g/mol. The lowest BCUT2D eigenvalue weighted by atomic mass is 10.1. The number of hydrogen-bond acceptors (Lipinski definition) is 2. The summed E-state index contributed by atoms with van der Waals surface area (Å²) in [5.41, 5.74) is 1.66. The molecule has 0 saturated heterocycles. The number of carbonyl (C=O) groups is 1. The molecule has 1 aromatic rings. The Balaban J connectivity index is 2.76. The first kappa shape index (κ1) is 8.99. The second kappa shape index (κ2) is 2.97. The van der Waals surface area contributed by atoms with E-state index in [1.54, 1.807) is 11.6 Å². The standard InChI is InChI=1S/C10H11NO3/c1-11-8-4-2-3-6(8)7(10(13)14)5-9(11)12/h5H,2-4H2,1H3,(H,13,14). The molecular weight excluding hydrogens is 182 g/mol. The van der Waals surface area contributed by atoms with Gasteiger partial charge in [-0.15, -0.1) is 0 Å². The molecule has 0 atom stereocenters. The van der Waals surface area contributed by atoms with Gasteiger partial charge in [-0.25, -0.2) is 4.79 Å². The highest BCUT2D eigenvalue weighted by atomic mass is 16.4. The summed E-state index contributed by atoms with van der Waals surface area (Å²) in [6.45, 7) is 0. The van der Waals surface area contributed by atoms with Gasteiger partial charge in [0, 0.05) is 18.8 Å². The third-order valence-corrected chi connectivity index (χ3v) is 2.75. The Labute approximate surface area is 80.8 Å². The van der Waals surface area contributed by atoms with Crippen LogP contribution in [0.15, 0.2) is 10.9 Å². The fourth-order valence-corrected chi connectivity index (χ4v) is 2.02. The first-order chi connectivity index (χ1) is 6.61. The molecule has 0 aromatic carbocycles. The highest BCUT2D eigenvalue weighted by molar-refractivity contribution is 5.89. The van der Waals surface area contributed by atoms with Crippen molar-refractivity contribution in [1.82, 2.24) is 4.57 Å². The summed E-state index contributed by atoms with van der Waals surface area (Å²) in [6, 6.07) is 1.21. The quantitative estimate of drug-likeness (QED) is 0.709. The molecule has 0 bridgehead atoms. The second-order valence-electron chi connectivity index (χ2n) is 3.54. The van der Waals surface area contributed by atoms with Crippen LogP contribution in [0.25, 0.3) is 0 Å². The molecule has 74 valence electrons. The number of rotatable bonds is 1. The maximum Gasteiger partial charge on any atom is 0.336 e. The van der Waals surface area contributed by atoms with E-state index >= 15 is 0 Å². The van der Waals surface area contributed by atoms with Gasteiger partial charge in [0.05, 0.1) is 5.56 Å². The van der Waals surface area contributed by atoms with E-state index in [1.165, 1.54) is 6.07 Å². The smallest absolute Gasteiger partial charge is 0.336 e. The van der Waals surface area contributed by atoms with Gasteiger partial charge in [0.2, 0.25) is 0 Å². The van der Waals surface area contributed by atoms with Crippen LogP contribution in [0.4, 0.5) is 0 Å². The number of fused-ring (bicyclic) bond motifs is 1. The molecule has 1 N–H and O–H groups in total. The lowest BCUT2D eigenvalue weighted by Gasteiger charge is -2.08. The predicted octanol–water partition coefficient (Wildman–Crippen LogP) is 0.572. The third kappa shape index (κ3) is 1.14. The molecule has 1 heterocycles. The van der Waals surface area contributed by atoms with E-state index < -0.39 is 5.97 Å². The van der Waals surface area contributed by atoms with Crippen molar-refractivity contribution in [2.24, 2.45) is 7.05 Å². The van der Waals surface area contributed by atoms with Crippen LogP contribution in [0.3, 0.4) is 0 Å². The zero-order valence-corrected chi connectivity index (χ0v) is 7.91. The molecule has 1 aromatic heterocycles. The first-order valence-corrected chi connectivity index (χ1v) is 4.56. The number of carboxylic acids is 1. The van der Waals surface area contributed by atoms with E-state index in [9.17, 15) is 9.59 Å². The largest absolute Gasteiger partial charge is 0.478 e. The number of pyridine rings is 1. The maximum atomic E-state index is 11.4. The lowest BCUT2D eigenvalue weighted by molar-refractivity contribution is 0.0695. The minimum Gasteiger partial charge on any atom is -0.478 e. The molecule has 4 heteroatoms. The molecule has 0 fully saturated rings. The van der Waals surface area contributed by atoms with Crippen molar-refractivity contribution in [2.45, 2.75) is 19.3 Å². The molecule has 0 unspecified atom stereocenters. The zero-order valence-electron chi connectivity index (χ0n) is 7.91. The van der Waals surface area contributed by atoms with Gasteiger partial charge in [0.25, 0.3) is 5.56 Å². The average Bonchev–Trinajstić information content (AvgIpc) is 2.59. The molecule has 0 saturated carbocycles. The van der Waals surface area contributed by atoms with Gasteiger partial charge >= 0.3 is 5.97 Å². The minimum absolute atomic E-state index is 0.181. The van der Waals surface area contributed by atoms with Crippen LogP contribution in [0.5, 0.6) is 0 Å². The Morgan fingerprint density at radius 2 is 2.21 bits per heavy atom. The van der Waals surface area contributed by atoms with Crippen molar-refractivity contribution in [3.63, 3.8) is 0 Å². The molecule has 14 heavy (non-hydrogen) atoms. The summed E-state index contributed by atoms with van der Waals surface area (Å²) >= 11 is 0. The molecule has 1 aliphatic rings. The van der Waals surface area contributed by atoms with Crippen LogP contribution in [0, 0.1) is 0 Å². The minimum atomic E-state index is -0.999. The number of nitrogens with zero attached hydrogens (tertiary/aromatic N) is 1. The summed E-state index contributed by atoms with van der Waals surface area (Å²) in [6.07, 6.45) is 2.51. The number of carboxylic acid groups (broad SMARTS) is 1. The lowest BCUT2D eigenvalue weighted by Crippen LogP contribution is -2.22. The molecule has 0 aliphatic heterocycles.